The van der Waals surface area contributed by atoms with Gasteiger partial charge in [-0.05, 0) is 29.5 Å². The molecule has 0 saturated heterocycles. The van der Waals surface area contributed by atoms with Gasteiger partial charge in [-0.25, -0.2) is 4.99 Å². The molecule has 5 heteroatoms. The minimum atomic E-state index is 0.123. The fourth-order valence-electron chi connectivity index (χ4n) is 2.35. The quantitative estimate of drug-likeness (QED) is 0.822. The first-order valence-corrected chi connectivity index (χ1v) is 7.19. The Hall–Kier alpha value is -2.27. The number of allylic oxidation sites excluding steroid dienone is 3. The maximum Gasteiger partial charge on any atom is 0.111 e. The molecule has 2 aliphatic rings. The smallest absolute Gasteiger partial charge is 0.111 e. The van der Waals surface area contributed by atoms with Crippen molar-refractivity contribution < 1.29 is 0 Å². The Bertz CT molecular complexity index is 675. The van der Waals surface area contributed by atoms with E-state index in [1.165, 1.54) is 12.4 Å². The molecular weight excluding hydrogens is 268 g/mol. The van der Waals surface area contributed by atoms with Crippen LogP contribution in [0.25, 0.3) is 0 Å². The predicted octanol–water partition coefficient (Wildman–Crippen LogP) is 2.70. The largest absolute Gasteiger partial charge is 0.404 e. The number of fused-ring (bicyclic) bond motifs is 1. The number of nitrogens with zero attached hydrogens (tertiary/aromatic N) is 2. The van der Waals surface area contributed by atoms with Crippen molar-refractivity contribution >= 4 is 29.6 Å². The summed E-state index contributed by atoms with van der Waals surface area (Å²) in [5.74, 6) is 0. The summed E-state index contributed by atoms with van der Waals surface area (Å²) in [5.41, 5.74) is 9.34. The first kappa shape index (κ1) is 12.7. The van der Waals surface area contributed by atoms with Gasteiger partial charge in [-0.3, -0.25) is 4.99 Å². The Morgan fingerprint density at radius 2 is 2.40 bits per heavy atom. The van der Waals surface area contributed by atoms with Gasteiger partial charge >= 0.3 is 0 Å². The van der Waals surface area contributed by atoms with Crippen LogP contribution in [0, 0.1) is 5.41 Å². The second-order valence-corrected chi connectivity index (χ2v) is 5.44. The van der Waals surface area contributed by atoms with Gasteiger partial charge in [0, 0.05) is 23.6 Å². The zero-order chi connectivity index (χ0) is 13.9. The van der Waals surface area contributed by atoms with E-state index in [1.807, 2.05) is 17.5 Å². The highest BCUT2D eigenvalue weighted by atomic mass is 32.1. The van der Waals surface area contributed by atoms with E-state index < -0.39 is 0 Å². The van der Waals surface area contributed by atoms with Crippen molar-refractivity contribution in [1.82, 2.24) is 0 Å². The average Bonchev–Trinajstić information content (AvgIpc) is 3.02. The van der Waals surface area contributed by atoms with Crippen molar-refractivity contribution in [1.29, 1.82) is 5.41 Å². The van der Waals surface area contributed by atoms with Crippen molar-refractivity contribution in [2.45, 2.75) is 12.5 Å². The van der Waals surface area contributed by atoms with Crippen LogP contribution in [-0.2, 0) is 0 Å². The summed E-state index contributed by atoms with van der Waals surface area (Å²) in [6.45, 7) is 0. The van der Waals surface area contributed by atoms with Crippen molar-refractivity contribution in [2.24, 2.45) is 15.7 Å². The summed E-state index contributed by atoms with van der Waals surface area (Å²) in [5, 5.41) is 9.46. The van der Waals surface area contributed by atoms with E-state index in [2.05, 4.69) is 22.1 Å². The molecule has 0 aromatic carbocycles. The lowest BCUT2D eigenvalue weighted by molar-refractivity contribution is 0.796. The average molecular weight is 282 g/mol. The summed E-state index contributed by atoms with van der Waals surface area (Å²) in [6, 6.07) is 4.21. The van der Waals surface area contributed by atoms with Gasteiger partial charge in [-0.15, -0.1) is 11.3 Å². The normalized spacial score (nSPS) is 21.7. The number of nitrogens with two attached hydrogens (primary N) is 1. The van der Waals surface area contributed by atoms with Gasteiger partial charge in [-0.1, -0.05) is 12.1 Å². The highest BCUT2D eigenvalue weighted by Gasteiger charge is 2.25. The van der Waals surface area contributed by atoms with E-state index in [4.69, 9.17) is 11.1 Å². The van der Waals surface area contributed by atoms with Crippen LogP contribution in [0.5, 0.6) is 0 Å². The van der Waals surface area contributed by atoms with Gasteiger partial charge in [0.25, 0.3) is 0 Å². The predicted molar refractivity (Wildman–Crippen MR) is 85.0 cm³/mol. The van der Waals surface area contributed by atoms with Crippen molar-refractivity contribution in [3.05, 3.63) is 57.5 Å². The molecule has 1 aliphatic carbocycles. The van der Waals surface area contributed by atoms with E-state index in [-0.39, 0.29) is 6.04 Å². The maximum atomic E-state index is 7.42. The third-order valence-corrected chi connectivity index (χ3v) is 4.24. The van der Waals surface area contributed by atoms with E-state index in [9.17, 15) is 0 Å². The summed E-state index contributed by atoms with van der Waals surface area (Å²) >= 11 is 1.67. The Kier molecular flexibility index (Phi) is 3.43. The lowest BCUT2D eigenvalue weighted by Crippen LogP contribution is -2.23. The minimum absolute atomic E-state index is 0.123. The third-order valence-electron chi connectivity index (χ3n) is 3.36. The van der Waals surface area contributed by atoms with Crippen LogP contribution in [0.15, 0.2) is 62.6 Å². The van der Waals surface area contributed by atoms with Gasteiger partial charge in [0.1, 0.15) is 6.34 Å². The highest BCUT2D eigenvalue weighted by Crippen LogP contribution is 2.30. The van der Waals surface area contributed by atoms with Crippen molar-refractivity contribution in [3.63, 3.8) is 0 Å². The van der Waals surface area contributed by atoms with Gasteiger partial charge in [0.15, 0.2) is 0 Å². The molecule has 0 radical (unpaired) electrons. The molecule has 2 heterocycles. The van der Waals surface area contributed by atoms with Gasteiger partial charge in [-0.2, -0.15) is 0 Å². The van der Waals surface area contributed by atoms with Crippen molar-refractivity contribution in [3.8, 4) is 0 Å². The van der Waals surface area contributed by atoms with Crippen LogP contribution >= 0.6 is 11.3 Å². The minimum Gasteiger partial charge on any atom is -0.404 e. The SMILES string of the molecule is N=C/C(=C\N)C1=CCC2N=CN=C(c3cccs3)C2=C1. The summed E-state index contributed by atoms with van der Waals surface area (Å²) in [4.78, 5) is 10.0. The molecule has 3 N–H and O–H groups in total. The standard InChI is InChI=1S/C15H14N4S/c16-7-11(8-17)10-3-4-13-12(6-10)15(19-9-18-13)14-2-1-5-20-14/h1-3,5-9,13,16H,4,17H2/b11-8+,16-7?. The Morgan fingerprint density at radius 3 is 3.10 bits per heavy atom. The Morgan fingerprint density at radius 1 is 1.50 bits per heavy atom. The second kappa shape index (κ2) is 5.38. The molecule has 1 aromatic heterocycles. The molecule has 20 heavy (non-hydrogen) atoms. The topological polar surface area (TPSA) is 74.6 Å². The molecule has 100 valence electrons. The van der Waals surface area contributed by atoms with Crippen molar-refractivity contribution in [2.75, 3.05) is 0 Å². The fourth-order valence-corrected chi connectivity index (χ4v) is 3.09. The van der Waals surface area contributed by atoms with E-state index in [1.54, 1.807) is 17.7 Å². The summed E-state index contributed by atoms with van der Waals surface area (Å²) < 4.78 is 0. The maximum absolute atomic E-state index is 7.42. The van der Waals surface area contributed by atoms with Gasteiger partial charge < -0.3 is 11.1 Å². The van der Waals surface area contributed by atoms with Gasteiger partial charge in [0.2, 0.25) is 0 Å². The molecule has 1 atom stereocenters. The fraction of sp³-hybridized carbons (Fsp3) is 0.133. The number of nitrogens with one attached hydrogen (secondary N) is 1. The molecule has 1 aromatic rings. The molecule has 0 amide bonds. The van der Waals surface area contributed by atoms with Crippen LogP contribution in [0.2, 0.25) is 0 Å². The number of hydrogen-bond acceptors (Lipinski definition) is 5. The molecule has 1 aliphatic heterocycles. The lowest BCUT2D eigenvalue weighted by atomic mass is 9.88. The zero-order valence-corrected chi connectivity index (χ0v) is 11.6. The number of rotatable bonds is 3. The Balaban J connectivity index is 2.03. The Labute approximate surface area is 121 Å². The van der Waals surface area contributed by atoms with Crippen LogP contribution in [0.4, 0.5) is 0 Å². The van der Waals surface area contributed by atoms with Gasteiger partial charge in [0.05, 0.1) is 16.6 Å². The number of thiophene rings is 1. The van der Waals surface area contributed by atoms with Crippen LogP contribution < -0.4 is 5.73 Å². The zero-order valence-electron chi connectivity index (χ0n) is 10.8. The van der Waals surface area contributed by atoms with E-state index >= 15 is 0 Å². The first-order valence-electron chi connectivity index (χ1n) is 6.31. The highest BCUT2D eigenvalue weighted by molar-refractivity contribution is 7.12. The molecule has 4 nitrogen and oxygen atoms in total. The number of aliphatic imine (C=N–C) groups is 2. The number of hydrogen-bond donors (Lipinski definition) is 2. The van der Waals surface area contributed by atoms with Crippen LogP contribution in [-0.4, -0.2) is 24.3 Å². The summed E-state index contributed by atoms with van der Waals surface area (Å²) in [6.07, 6.45) is 9.32. The van der Waals surface area contributed by atoms with Crippen LogP contribution in [0.1, 0.15) is 11.3 Å². The third kappa shape index (κ3) is 2.16. The molecule has 0 spiro atoms. The molecular formula is C15H14N4S. The second-order valence-electron chi connectivity index (χ2n) is 4.50. The molecule has 0 fully saturated rings. The molecule has 1 unspecified atom stereocenters. The first-order chi connectivity index (χ1) is 9.83. The lowest BCUT2D eigenvalue weighted by Gasteiger charge is -2.24. The summed E-state index contributed by atoms with van der Waals surface area (Å²) in [7, 11) is 0. The molecule has 3 rings (SSSR count). The van der Waals surface area contributed by atoms with E-state index in [0.29, 0.717) is 0 Å². The van der Waals surface area contributed by atoms with E-state index in [0.717, 1.165) is 33.7 Å². The molecule has 0 saturated carbocycles. The molecule has 0 bridgehead atoms. The van der Waals surface area contributed by atoms with Crippen LogP contribution in [0.3, 0.4) is 0 Å². The monoisotopic (exact) mass is 282 g/mol.